The summed E-state index contributed by atoms with van der Waals surface area (Å²) in [4.78, 5) is 0. The van der Waals surface area contributed by atoms with Crippen LogP contribution in [-0.2, 0) is 0 Å². The molecular weight excluding hydrogens is 232 g/mol. The minimum absolute atomic E-state index is 0.780. The Kier molecular flexibility index (Phi) is 13.4. The van der Waals surface area contributed by atoms with Gasteiger partial charge in [0.1, 0.15) is 0 Å². The van der Waals surface area contributed by atoms with E-state index in [2.05, 4.69) is 6.92 Å². The van der Waals surface area contributed by atoms with Crippen LogP contribution >= 0.6 is 24.4 Å². The average molecular weight is 258 g/mol. The van der Waals surface area contributed by atoms with Crippen LogP contribution in [0, 0.1) is 5.92 Å². The van der Waals surface area contributed by atoms with Crippen LogP contribution in [0.15, 0.2) is 0 Å². The summed E-state index contributed by atoms with van der Waals surface area (Å²) in [5.74, 6) is 0.780. The SMILES string of the molecule is CCCCCCCCC(CC=S)CCC=S. The summed E-state index contributed by atoms with van der Waals surface area (Å²) in [5, 5.41) is 3.75. The summed E-state index contributed by atoms with van der Waals surface area (Å²) >= 11 is 9.83. The van der Waals surface area contributed by atoms with Crippen molar-refractivity contribution in [1.29, 1.82) is 0 Å². The number of thiocarbonyl (C=S) groups is 2. The highest BCUT2D eigenvalue weighted by atomic mass is 32.1. The van der Waals surface area contributed by atoms with Gasteiger partial charge in [0, 0.05) is 0 Å². The van der Waals surface area contributed by atoms with Crippen LogP contribution in [0.1, 0.15) is 71.1 Å². The van der Waals surface area contributed by atoms with Crippen LogP contribution in [0.5, 0.6) is 0 Å². The van der Waals surface area contributed by atoms with Crippen molar-refractivity contribution in [2.75, 3.05) is 0 Å². The molecule has 0 aromatic rings. The van der Waals surface area contributed by atoms with Crippen molar-refractivity contribution in [3.05, 3.63) is 0 Å². The van der Waals surface area contributed by atoms with E-state index in [1.165, 1.54) is 51.4 Å². The van der Waals surface area contributed by atoms with Gasteiger partial charge in [-0.15, -0.1) is 0 Å². The van der Waals surface area contributed by atoms with E-state index in [-0.39, 0.29) is 0 Å². The van der Waals surface area contributed by atoms with E-state index in [9.17, 15) is 0 Å². The molecule has 0 N–H and O–H groups in total. The van der Waals surface area contributed by atoms with Crippen molar-refractivity contribution < 1.29 is 0 Å². The maximum Gasteiger partial charge on any atom is -0.0208 e. The second-order valence-electron chi connectivity index (χ2n) is 4.57. The minimum atomic E-state index is 0.780. The molecule has 0 rings (SSSR count). The lowest BCUT2D eigenvalue weighted by molar-refractivity contribution is 0.447. The predicted octanol–water partition coefficient (Wildman–Crippen LogP) is 5.52. The van der Waals surface area contributed by atoms with Gasteiger partial charge < -0.3 is 0 Å². The predicted molar refractivity (Wildman–Crippen MR) is 82.6 cm³/mol. The zero-order valence-electron chi connectivity index (χ0n) is 10.6. The van der Waals surface area contributed by atoms with Crippen LogP contribution in [0.25, 0.3) is 0 Å². The number of hydrogen-bond acceptors (Lipinski definition) is 2. The van der Waals surface area contributed by atoms with Crippen LogP contribution in [-0.4, -0.2) is 10.7 Å². The largest absolute Gasteiger partial charge is 0.0935 e. The Bertz CT molecular complexity index is 166. The van der Waals surface area contributed by atoms with Crippen molar-refractivity contribution in [1.82, 2.24) is 0 Å². The van der Waals surface area contributed by atoms with Gasteiger partial charge in [-0.05, 0) is 35.9 Å². The first-order valence-corrected chi connectivity index (χ1v) is 7.66. The Labute approximate surface area is 112 Å². The average Bonchev–Trinajstić information content (AvgIpc) is 2.30. The smallest absolute Gasteiger partial charge is 0.0208 e. The van der Waals surface area contributed by atoms with Gasteiger partial charge in [0.15, 0.2) is 0 Å². The molecule has 0 fully saturated rings. The Hall–Kier alpha value is 0.180. The maximum atomic E-state index is 4.95. The molecule has 0 aliphatic carbocycles. The Morgan fingerprint density at radius 2 is 1.56 bits per heavy atom. The first-order chi connectivity index (χ1) is 7.85. The molecule has 0 saturated heterocycles. The van der Waals surface area contributed by atoms with Crippen LogP contribution < -0.4 is 0 Å². The molecule has 0 saturated carbocycles. The molecule has 0 heterocycles. The van der Waals surface area contributed by atoms with E-state index in [0.29, 0.717) is 0 Å². The highest BCUT2D eigenvalue weighted by Gasteiger charge is 2.05. The maximum absolute atomic E-state index is 4.95. The quantitative estimate of drug-likeness (QED) is 0.334. The van der Waals surface area contributed by atoms with Crippen molar-refractivity contribution in [2.24, 2.45) is 5.92 Å². The van der Waals surface area contributed by atoms with E-state index in [1.54, 1.807) is 0 Å². The summed E-state index contributed by atoms with van der Waals surface area (Å²) in [7, 11) is 0. The van der Waals surface area contributed by atoms with Crippen LogP contribution in [0.2, 0.25) is 0 Å². The van der Waals surface area contributed by atoms with Gasteiger partial charge in [0.2, 0.25) is 0 Å². The number of unbranched alkanes of at least 4 members (excludes halogenated alkanes) is 5. The molecule has 0 aromatic carbocycles. The monoisotopic (exact) mass is 258 g/mol. The summed E-state index contributed by atoms with van der Waals surface area (Å²) < 4.78 is 0. The summed E-state index contributed by atoms with van der Waals surface area (Å²) in [6.07, 6.45) is 13.0. The third kappa shape index (κ3) is 10.7. The summed E-state index contributed by atoms with van der Waals surface area (Å²) in [6, 6.07) is 0. The summed E-state index contributed by atoms with van der Waals surface area (Å²) in [6.45, 7) is 2.26. The van der Waals surface area contributed by atoms with E-state index >= 15 is 0 Å². The number of rotatable bonds is 12. The molecule has 0 spiro atoms. The molecule has 0 aliphatic heterocycles. The van der Waals surface area contributed by atoms with E-state index in [0.717, 1.165) is 18.8 Å². The standard InChI is InChI=1S/C14H26S2/c1-2-3-4-5-6-7-9-14(11-13-16)10-8-12-15/h12-14H,2-11H2,1H3. The van der Waals surface area contributed by atoms with Crippen molar-refractivity contribution >= 4 is 35.2 Å². The molecule has 16 heavy (non-hydrogen) atoms. The van der Waals surface area contributed by atoms with Gasteiger partial charge >= 0.3 is 0 Å². The lowest BCUT2D eigenvalue weighted by Gasteiger charge is -2.13. The zero-order chi connectivity index (χ0) is 12.1. The molecule has 0 radical (unpaired) electrons. The fourth-order valence-electron chi connectivity index (χ4n) is 2.03. The van der Waals surface area contributed by atoms with Gasteiger partial charge in [-0.3, -0.25) is 0 Å². The Morgan fingerprint density at radius 3 is 2.19 bits per heavy atom. The first kappa shape index (κ1) is 16.2. The van der Waals surface area contributed by atoms with E-state index in [1.807, 2.05) is 10.7 Å². The van der Waals surface area contributed by atoms with E-state index in [4.69, 9.17) is 24.4 Å². The van der Waals surface area contributed by atoms with Gasteiger partial charge in [0.25, 0.3) is 0 Å². The molecule has 2 heteroatoms. The third-order valence-electron chi connectivity index (χ3n) is 3.09. The normalized spacial score (nSPS) is 12.3. The lowest BCUT2D eigenvalue weighted by atomic mass is 9.94. The molecule has 1 atom stereocenters. The minimum Gasteiger partial charge on any atom is -0.0935 e. The second kappa shape index (κ2) is 13.2. The molecule has 0 aromatic heterocycles. The number of hydrogen-bond donors (Lipinski definition) is 0. The van der Waals surface area contributed by atoms with Gasteiger partial charge in [0.05, 0.1) is 0 Å². The molecule has 0 aliphatic rings. The zero-order valence-corrected chi connectivity index (χ0v) is 12.3. The summed E-state index contributed by atoms with van der Waals surface area (Å²) in [5.41, 5.74) is 0. The van der Waals surface area contributed by atoms with Crippen molar-refractivity contribution in [3.8, 4) is 0 Å². The van der Waals surface area contributed by atoms with Crippen LogP contribution in [0.4, 0.5) is 0 Å². The lowest BCUT2D eigenvalue weighted by Crippen LogP contribution is -2.01. The molecule has 0 amide bonds. The van der Waals surface area contributed by atoms with E-state index < -0.39 is 0 Å². The Morgan fingerprint density at radius 1 is 0.875 bits per heavy atom. The highest BCUT2D eigenvalue weighted by molar-refractivity contribution is 7.79. The van der Waals surface area contributed by atoms with Crippen molar-refractivity contribution in [2.45, 2.75) is 71.1 Å². The Balaban J connectivity index is 3.43. The van der Waals surface area contributed by atoms with Gasteiger partial charge in [-0.1, -0.05) is 76.3 Å². The van der Waals surface area contributed by atoms with Crippen molar-refractivity contribution in [3.63, 3.8) is 0 Å². The molecule has 0 nitrogen and oxygen atoms in total. The fourth-order valence-corrected chi connectivity index (χ4v) is 2.44. The second-order valence-corrected chi connectivity index (χ2v) is 5.24. The van der Waals surface area contributed by atoms with Gasteiger partial charge in [-0.25, -0.2) is 0 Å². The van der Waals surface area contributed by atoms with Crippen LogP contribution in [0.3, 0.4) is 0 Å². The fraction of sp³-hybridized carbons (Fsp3) is 0.857. The van der Waals surface area contributed by atoms with Gasteiger partial charge in [-0.2, -0.15) is 0 Å². The molecular formula is C14H26S2. The topological polar surface area (TPSA) is 0 Å². The molecule has 0 bridgehead atoms. The molecule has 94 valence electrons. The molecule has 1 unspecified atom stereocenters. The first-order valence-electron chi connectivity index (χ1n) is 6.72. The highest BCUT2D eigenvalue weighted by Crippen LogP contribution is 2.19. The third-order valence-corrected chi connectivity index (χ3v) is 3.52.